The van der Waals surface area contributed by atoms with Crippen molar-refractivity contribution in [2.75, 3.05) is 61.9 Å². The molecule has 5 aromatic rings. The predicted octanol–water partition coefficient (Wildman–Crippen LogP) is -0.837. The number of ether oxygens (including phenoxy) is 1. The van der Waals surface area contributed by atoms with E-state index in [0.29, 0.717) is 49.7 Å². The van der Waals surface area contributed by atoms with Gasteiger partial charge >= 0.3 is 0 Å². The van der Waals surface area contributed by atoms with Crippen LogP contribution in [0.3, 0.4) is 0 Å². The summed E-state index contributed by atoms with van der Waals surface area (Å²) in [5.74, 6) is -2.91. The van der Waals surface area contributed by atoms with E-state index in [2.05, 4.69) is 67.5 Å². The van der Waals surface area contributed by atoms with Crippen LogP contribution < -0.4 is 48.3 Å². The number of H-pyrrole nitrogens is 2. The number of aromatic amines is 2. The first-order valence-electron chi connectivity index (χ1n) is 21.6. The van der Waals surface area contributed by atoms with Crippen LogP contribution in [-0.4, -0.2) is 132 Å². The Kier molecular flexibility index (Phi) is 19.1. The van der Waals surface area contributed by atoms with Crippen molar-refractivity contribution in [3.05, 3.63) is 83.7 Å². The number of rotatable bonds is 27. The van der Waals surface area contributed by atoms with E-state index < -0.39 is 35.4 Å². The summed E-state index contributed by atoms with van der Waals surface area (Å²) in [6.07, 6.45) is 10.4. The third-order valence-electron chi connectivity index (χ3n) is 9.77. The van der Waals surface area contributed by atoms with Crippen LogP contribution in [0.5, 0.6) is 0 Å². The molecule has 0 aliphatic carbocycles. The summed E-state index contributed by atoms with van der Waals surface area (Å²) in [7, 11) is 4.92. The fourth-order valence-corrected chi connectivity index (χ4v) is 6.33. The van der Waals surface area contributed by atoms with Gasteiger partial charge in [0.05, 0.1) is 18.3 Å². The van der Waals surface area contributed by atoms with E-state index in [1.54, 1.807) is 50.4 Å². The number of anilines is 3. The fraction of sp³-hybridized carbons (Fsp3) is 0.405. The monoisotopic (exact) mass is 943 g/mol. The van der Waals surface area contributed by atoms with Crippen molar-refractivity contribution in [2.45, 2.75) is 45.1 Å². The molecule has 0 saturated heterocycles. The van der Waals surface area contributed by atoms with Gasteiger partial charge in [-0.15, -0.1) is 0 Å². The molecule has 0 aliphatic heterocycles. The van der Waals surface area contributed by atoms with Gasteiger partial charge in [0.1, 0.15) is 11.5 Å². The van der Waals surface area contributed by atoms with Gasteiger partial charge in [-0.1, -0.05) is 0 Å². The Morgan fingerprint density at radius 2 is 1.38 bits per heavy atom. The molecule has 5 heterocycles. The maximum absolute atomic E-state index is 12.8. The molecule has 0 unspecified atom stereocenters. The highest BCUT2D eigenvalue weighted by Gasteiger charge is 2.19. The molecule has 0 saturated carbocycles. The number of hydrogen-bond acceptors (Lipinski definition) is 13. The lowest BCUT2D eigenvalue weighted by atomic mass is 10.2. The zero-order valence-corrected chi connectivity index (χ0v) is 38.0. The first kappa shape index (κ1) is 50.9. The van der Waals surface area contributed by atoms with Gasteiger partial charge in [0.2, 0.25) is 29.5 Å². The topological polar surface area (TPSA) is 353 Å². The minimum Gasteiger partial charge on any atom is -0.381 e. The number of hydrogen-bond donors (Lipinski definition) is 11. The van der Waals surface area contributed by atoms with Crippen molar-refractivity contribution >= 4 is 64.6 Å². The van der Waals surface area contributed by atoms with E-state index in [4.69, 9.17) is 10.5 Å². The molecule has 0 radical (unpaired) electrons. The zero-order chi connectivity index (χ0) is 49.0. The average molecular weight is 944 g/mol. The first-order chi connectivity index (χ1) is 32.7. The summed E-state index contributed by atoms with van der Waals surface area (Å²) < 4.78 is 9.93. The van der Waals surface area contributed by atoms with E-state index in [-0.39, 0.29) is 98.5 Å². The molecule has 5 aromatic heterocycles. The number of aromatic nitrogens is 8. The van der Waals surface area contributed by atoms with Gasteiger partial charge in [-0.2, -0.15) is 0 Å². The summed E-state index contributed by atoms with van der Waals surface area (Å²) >= 11 is 0. The van der Waals surface area contributed by atoms with Crippen LogP contribution in [0.4, 0.5) is 17.3 Å². The van der Waals surface area contributed by atoms with Crippen molar-refractivity contribution < 1.29 is 43.1 Å². The van der Waals surface area contributed by atoms with Gasteiger partial charge in [0, 0.05) is 123 Å². The lowest BCUT2D eigenvalue weighted by molar-refractivity contribution is -0.122. The molecule has 0 aliphatic rings. The molecule has 0 spiro atoms. The van der Waals surface area contributed by atoms with Gasteiger partial charge in [0.25, 0.3) is 23.6 Å². The van der Waals surface area contributed by atoms with Gasteiger partial charge in [0.15, 0.2) is 17.5 Å². The molecule has 26 nitrogen and oxygen atoms in total. The highest BCUT2D eigenvalue weighted by Crippen LogP contribution is 2.15. The minimum absolute atomic E-state index is 0.00257. The molecular formula is C42H57N17O9. The van der Waals surface area contributed by atoms with Gasteiger partial charge < -0.3 is 76.7 Å². The Labute approximate surface area is 389 Å². The van der Waals surface area contributed by atoms with Crippen LogP contribution in [-0.2, 0) is 58.0 Å². The molecular weight excluding hydrogens is 887 g/mol. The third-order valence-corrected chi connectivity index (χ3v) is 9.77. The molecule has 12 N–H and O–H groups in total. The normalized spacial score (nSPS) is 10.8. The van der Waals surface area contributed by atoms with Crippen LogP contribution in [0.25, 0.3) is 0 Å². The maximum atomic E-state index is 12.8. The largest absolute Gasteiger partial charge is 0.381 e. The zero-order valence-electron chi connectivity index (χ0n) is 38.0. The molecule has 0 aromatic carbocycles. The van der Waals surface area contributed by atoms with Gasteiger partial charge in [-0.3, -0.25) is 38.4 Å². The summed E-state index contributed by atoms with van der Waals surface area (Å²) in [4.78, 5) is 118. The summed E-state index contributed by atoms with van der Waals surface area (Å²) in [5, 5.41) is 21.3. The van der Waals surface area contributed by atoms with E-state index in [1.165, 1.54) is 33.8 Å². The van der Waals surface area contributed by atoms with Crippen molar-refractivity contribution in [1.82, 2.24) is 65.2 Å². The number of amides is 8. The second-order valence-electron chi connectivity index (χ2n) is 15.3. The molecule has 26 heteroatoms. The van der Waals surface area contributed by atoms with Crippen molar-refractivity contribution in [3.8, 4) is 0 Å². The van der Waals surface area contributed by atoms with Crippen molar-refractivity contribution in [2.24, 2.45) is 26.9 Å². The first-order valence-corrected chi connectivity index (χ1v) is 21.6. The Morgan fingerprint density at radius 3 is 2.13 bits per heavy atom. The van der Waals surface area contributed by atoms with E-state index in [9.17, 15) is 38.4 Å². The standard InChI is InChI=1S/C42H57N17O9/c1-57-15-14-46-37(57)42(67)52-28-19-29(58(2)24-28)39(64)47-13-8-33(61)53-30-23-50-36(55-30)40(65)51-22-26-18-27(49-21-26)20-35(63)45-11-7-34(62)54-31-25-59(3)38(56-31)41(66)48-12-6-32(60)44-10-5-17-68-16-4-9-43/h14-15,18-19,21,23-25,49H,4-13,16-17,20,22,43H2,1-3H3,(H,44,60)(H,45,63)(H,47,64)(H,48,66)(H,50,55)(H,51,65)(H,52,67)(H,53,61)(H,54,62). The summed E-state index contributed by atoms with van der Waals surface area (Å²) in [5.41, 5.74) is 7.30. The molecule has 0 bridgehead atoms. The second kappa shape index (κ2) is 25.5. The van der Waals surface area contributed by atoms with Crippen molar-refractivity contribution in [3.63, 3.8) is 0 Å². The fourth-order valence-electron chi connectivity index (χ4n) is 6.33. The van der Waals surface area contributed by atoms with E-state index >= 15 is 0 Å². The number of nitrogens with one attached hydrogen (secondary N) is 10. The number of nitrogens with two attached hydrogens (primary N) is 1. The van der Waals surface area contributed by atoms with E-state index in [0.717, 1.165) is 6.42 Å². The number of nitrogens with zero attached hydrogens (tertiary/aromatic N) is 6. The van der Waals surface area contributed by atoms with Crippen LogP contribution in [0.15, 0.2) is 49.3 Å². The molecule has 364 valence electrons. The Hall–Kier alpha value is -8.13. The minimum atomic E-state index is -0.552. The number of imidazole rings is 3. The molecule has 5 rings (SSSR count). The maximum Gasteiger partial charge on any atom is 0.291 e. The molecule has 0 fully saturated rings. The molecule has 8 amide bonds. The Bertz CT molecular complexity index is 2550. The predicted molar refractivity (Wildman–Crippen MR) is 245 cm³/mol. The summed E-state index contributed by atoms with van der Waals surface area (Å²) in [6.45, 7) is 2.35. The van der Waals surface area contributed by atoms with Crippen LogP contribution in [0.2, 0.25) is 0 Å². The third kappa shape index (κ3) is 16.1. The smallest absolute Gasteiger partial charge is 0.291 e. The lowest BCUT2D eigenvalue weighted by Gasteiger charge is -2.07. The highest BCUT2D eigenvalue weighted by molar-refractivity contribution is 6.03. The quantitative estimate of drug-likeness (QED) is 0.0287. The van der Waals surface area contributed by atoms with Crippen LogP contribution in [0.1, 0.15) is 85.7 Å². The van der Waals surface area contributed by atoms with Crippen LogP contribution >= 0.6 is 0 Å². The lowest BCUT2D eigenvalue weighted by Crippen LogP contribution is -2.32. The highest BCUT2D eigenvalue weighted by atomic mass is 16.5. The molecule has 68 heavy (non-hydrogen) atoms. The van der Waals surface area contributed by atoms with Gasteiger partial charge in [-0.25, -0.2) is 15.0 Å². The van der Waals surface area contributed by atoms with Gasteiger partial charge in [-0.05, 0) is 37.1 Å². The second-order valence-corrected chi connectivity index (χ2v) is 15.3. The molecule has 0 atom stereocenters. The number of carbonyl (C=O) groups excluding carboxylic acids is 8. The number of carbonyl (C=O) groups is 8. The van der Waals surface area contributed by atoms with Crippen molar-refractivity contribution in [1.29, 1.82) is 0 Å². The number of aryl methyl sites for hydroxylation is 3. The Balaban J connectivity index is 0.925. The Morgan fingerprint density at radius 1 is 0.676 bits per heavy atom. The van der Waals surface area contributed by atoms with E-state index in [1.807, 2.05) is 0 Å². The van der Waals surface area contributed by atoms with Crippen LogP contribution in [0, 0.1) is 0 Å². The average Bonchev–Trinajstić information content (AvgIpc) is 4.16. The summed E-state index contributed by atoms with van der Waals surface area (Å²) in [6, 6.07) is 3.20. The SMILES string of the molecule is Cn1cc(NC(=O)c2nccn2C)cc1C(=O)NCCC(=O)Nc1cnc(C(=O)NCc2c[nH]c(CC(=O)NCCC(=O)Nc3cn(C)c(C(=O)NCCC(=O)NCCCOCCCN)n3)c2)[nH]1.